The Morgan fingerprint density at radius 2 is 0.427 bits per heavy atom. The van der Waals surface area contributed by atoms with Crippen molar-refractivity contribution in [2.45, 2.75) is 0 Å². The second-order valence-corrected chi connectivity index (χ2v) is 15.1. The average Bonchev–Trinajstić information content (AvgIpc) is 4.04. The van der Waals surface area contributed by atoms with Gasteiger partial charge in [0.05, 0.1) is 38.8 Å². The molecule has 0 atom stereocenters. The van der Waals surface area contributed by atoms with Crippen LogP contribution in [0.2, 0.25) is 0 Å². The molecule has 2 aliphatic rings. The van der Waals surface area contributed by atoms with Gasteiger partial charge in [0, 0.05) is 27.8 Å². The van der Waals surface area contributed by atoms with Gasteiger partial charge in [-0.15, -0.1) is 0 Å². The van der Waals surface area contributed by atoms with Gasteiger partial charge >= 0.3 is 0 Å². The zero-order chi connectivity index (χ0) is 55.4. The van der Waals surface area contributed by atoms with Crippen LogP contribution in [0.5, 0.6) is 0 Å². The molecule has 5 heterocycles. The van der Waals surface area contributed by atoms with Crippen LogP contribution in [0.1, 0.15) is 22.8 Å². The van der Waals surface area contributed by atoms with Crippen LogP contribution in [-0.2, 0) is 0 Å². The molecule has 2 aliphatic heterocycles. The van der Waals surface area contributed by atoms with Gasteiger partial charge in [0.15, 0.2) is 140 Å². The second kappa shape index (κ2) is 17.3. The van der Waals surface area contributed by atoms with E-state index in [-0.39, 0.29) is 0 Å². The lowest BCUT2D eigenvalue weighted by Gasteiger charge is -2.11. The Hall–Kier alpha value is -8.41. The molecule has 0 unspecified atom stereocenters. The van der Waals surface area contributed by atoms with Gasteiger partial charge in [-0.25, -0.2) is 129 Å². The van der Waals surface area contributed by atoms with Crippen LogP contribution in [0.3, 0.4) is 0 Å². The summed E-state index contributed by atoms with van der Waals surface area (Å²) in [5.41, 5.74) is -42.2. The van der Waals surface area contributed by atoms with Crippen LogP contribution < -0.4 is 0 Å². The number of nitrogens with one attached hydrogen (secondary N) is 2. The third-order valence-corrected chi connectivity index (χ3v) is 11.1. The number of fused-ring (bicyclic) bond motifs is 8. The number of aromatic nitrogens is 4. The normalized spacial score (nSPS) is 12.9. The monoisotopic (exact) mass is 1100 g/mol. The summed E-state index contributed by atoms with van der Waals surface area (Å²) in [5.74, 6) is -85.2. The Kier molecular flexibility index (Phi) is 11.9. The number of aromatic amines is 2. The molecule has 7 aromatic rings. The van der Waals surface area contributed by atoms with Gasteiger partial charge in [0.1, 0.15) is 22.8 Å². The van der Waals surface area contributed by atoms with Crippen molar-refractivity contribution in [1.82, 2.24) is 19.9 Å². The lowest BCUT2D eigenvalue weighted by Crippen LogP contribution is -2.06. The highest BCUT2D eigenvalue weighted by Gasteiger charge is 2.41. The SMILES string of the molecule is FC1=C(F)c2nc1c(-c1cc(F)c(F)c(F)c1F)c1[nH]c(c(F)c1F)c(-c1c(F)c(F)c(F)c(F)c1F)c1nc(c(-c3c(F)c(F)c(F)c(F)c3F)c3[nH]c(c(F)c3F)c2-c2c(F)c(F)c(F)c(F)c2F)C(F)=C1F. The highest BCUT2D eigenvalue weighted by Crippen LogP contribution is 2.51. The summed E-state index contributed by atoms with van der Waals surface area (Å²) in [6, 6.07) is -0.683. The van der Waals surface area contributed by atoms with E-state index in [1.54, 1.807) is 0 Å². The molecule has 0 aliphatic carbocycles. The number of hydrogen-bond acceptors (Lipinski definition) is 2. The first kappa shape index (κ1) is 51.5. The Labute approximate surface area is 391 Å². The number of hydrogen-bond donors (Lipinski definition) is 2. The molecular weight excluding hydrogens is 1100 g/mol. The van der Waals surface area contributed by atoms with E-state index in [0.29, 0.717) is 0 Å². The van der Waals surface area contributed by atoms with E-state index in [1.807, 2.05) is 0 Å². The van der Waals surface area contributed by atoms with E-state index in [4.69, 9.17) is 0 Å². The Morgan fingerprint density at radius 3 is 0.693 bits per heavy atom. The molecule has 75 heavy (non-hydrogen) atoms. The molecule has 0 fully saturated rings. The fourth-order valence-corrected chi connectivity index (χ4v) is 7.79. The van der Waals surface area contributed by atoms with E-state index in [1.165, 1.54) is 4.98 Å². The fourth-order valence-electron chi connectivity index (χ4n) is 7.79. The van der Waals surface area contributed by atoms with Gasteiger partial charge in [-0.2, -0.15) is 0 Å². The number of H-pyrrole nitrogens is 2. The molecule has 9 rings (SSSR count). The zero-order valence-electron chi connectivity index (χ0n) is 34.2. The molecule has 0 saturated carbocycles. The summed E-state index contributed by atoms with van der Waals surface area (Å²) in [6.45, 7) is 0. The van der Waals surface area contributed by atoms with Gasteiger partial charge < -0.3 is 9.97 Å². The highest BCUT2D eigenvalue weighted by atomic mass is 19.2. The van der Waals surface area contributed by atoms with Crippen LogP contribution in [0.4, 0.5) is 119 Å². The van der Waals surface area contributed by atoms with Crippen molar-refractivity contribution in [3.8, 4) is 44.5 Å². The van der Waals surface area contributed by atoms with Crippen LogP contribution >= 0.6 is 0 Å². The topological polar surface area (TPSA) is 57.4 Å². The standard InChI is InChI=1S/C44H3F27N4/c45-3-1-2(11(46)19(54)12(3)47)4-37-29(64)31(66)39(72-37)8(5-13(48)20(55)26(61)21(56)14(5)49)41-33(68)35(70)43(74-41)10(7-17(52)24(59)28(63)25(60)18(7)53)44-36(71)34(69)42(75-44)9(40-32(67)30(65)38(4)73-40)6-15(50)22(57)27(62)23(58)16(6)51/h1,72,75H. The molecule has 31 heteroatoms. The minimum Gasteiger partial charge on any atom is -0.349 e. The molecule has 0 spiro atoms. The first-order valence-corrected chi connectivity index (χ1v) is 19.1. The van der Waals surface area contributed by atoms with E-state index >= 15 is 65.9 Å². The first-order chi connectivity index (χ1) is 35.0. The fraction of sp³-hybridized carbons (Fsp3) is 0. The van der Waals surface area contributed by atoms with E-state index in [2.05, 4.69) is 9.97 Å². The Bertz CT molecular complexity index is 3940. The molecule has 388 valence electrons. The maximum Gasteiger partial charge on any atom is 0.200 e. The van der Waals surface area contributed by atoms with Gasteiger partial charge in [0.25, 0.3) is 0 Å². The van der Waals surface area contributed by atoms with Crippen molar-refractivity contribution in [3.63, 3.8) is 0 Å². The molecule has 0 saturated heterocycles. The smallest absolute Gasteiger partial charge is 0.200 e. The number of nitrogens with zero attached hydrogens (tertiary/aromatic N) is 2. The number of halogens is 27. The van der Waals surface area contributed by atoms with Gasteiger partial charge in [-0.3, -0.25) is 0 Å². The summed E-state index contributed by atoms with van der Waals surface area (Å²) in [6.07, 6.45) is 0. The molecule has 0 radical (unpaired) electrons. The summed E-state index contributed by atoms with van der Waals surface area (Å²) in [5, 5.41) is 0. The van der Waals surface area contributed by atoms with E-state index in [9.17, 15) is 52.7 Å². The number of benzene rings is 4. The van der Waals surface area contributed by atoms with E-state index in [0.717, 1.165) is 4.98 Å². The summed E-state index contributed by atoms with van der Waals surface area (Å²) >= 11 is 0. The molecule has 8 bridgehead atoms. The van der Waals surface area contributed by atoms with Crippen LogP contribution in [-0.4, -0.2) is 19.9 Å². The first-order valence-electron chi connectivity index (χ1n) is 19.1. The van der Waals surface area contributed by atoms with Gasteiger partial charge in [-0.1, -0.05) is 0 Å². The lowest BCUT2D eigenvalue weighted by molar-refractivity contribution is 0.381. The number of rotatable bonds is 4. The lowest BCUT2D eigenvalue weighted by atomic mass is 10.00. The second-order valence-electron chi connectivity index (χ2n) is 15.1. The molecule has 2 N–H and O–H groups in total. The van der Waals surface area contributed by atoms with Crippen LogP contribution in [0.15, 0.2) is 6.07 Å². The molecule has 0 amide bonds. The van der Waals surface area contributed by atoms with Crippen molar-refractivity contribution in [2.24, 2.45) is 0 Å². The largest absolute Gasteiger partial charge is 0.349 e. The van der Waals surface area contributed by atoms with Crippen molar-refractivity contribution in [1.29, 1.82) is 0 Å². The Balaban J connectivity index is 1.74. The predicted octanol–water partition coefficient (Wildman–Crippen LogP) is 15.7. The zero-order valence-corrected chi connectivity index (χ0v) is 34.2. The quantitative estimate of drug-likeness (QED) is 0.105. The molecule has 3 aromatic heterocycles. The molecular formula is C44H3F27N4. The predicted molar refractivity (Wildman–Crippen MR) is 200 cm³/mol. The minimum atomic E-state index is -3.29. The highest BCUT2D eigenvalue weighted by molar-refractivity contribution is 6.05. The van der Waals surface area contributed by atoms with Gasteiger partial charge in [-0.05, 0) is 6.07 Å². The molecule has 4 nitrogen and oxygen atoms in total. The van der Waals surface area contributed by atoms with Crippen molar-refractivity contribution in [3.05, 3.63) is 163 Å². The maximum absolute atomic E-state index is 16.6. The summed E-state index contributed by atoms with van der Waals surface area (Å²) < 4.78 is 421. The average molecular weight is 1100 g/mol. The third-order valence-electron chi connectivity index (χ3n) is 11.1. The maximum atomic E-state index is 16.6. The Morgan fingerprint density at radius 1 is 0.213 bits per heavy atom. The van der Waals surface area contributed by atoms with Crippen molar-refractivity contribution < 1.29 is 119 Å². The van der Waals surface area contributed by atoms with E-state index < -0.39 is 253 Å². The molecule has 4 aromatic carbocycles. The minimum absolute atomic E-state index is 0.683. The van der Waals surface area contributed by atoms with Gasteiger partial charge in [0.2, 0.25) is 17.5 Å². The summed E-state index contributed by atoms with van der Waals surface area (Å²) in [4.78, 5) is 8.13. The van der Waals surface area contributed by atoms with Crippen LogP contribution in [0.25, 0.3) is 89.9 Å². The van der Waals surface area contributed by atoms with Crippen LogP contribution in [0, 0.1) is 134 Å². The van der Waals surface area contributed by atoms with Crippen molar-refractivity contribution in [2.75, 3.05) is 0 Å². The third kappa shape index (κ3) is 6.93. The van der Waals surface area contributed by atoms with Crippen molar-refractivity contribution >= 4 is 45.4 Å². The summed E-state index contributed by atoms with van der Waals surface area (Å²) in [7, 11) is 0.